The van der Waals surface area contributed by atoms with E-state index in [9.17, 15) is 4.79 Å². The number of thiazole rings is 1. The van der Waals surface area contributed by atoms with E-state index in [1.807, 2.05) is 17.5 Å². The lowest BCUT2D eigenvalue weighted by Crippen LogP contribution is -2.14. The van der Waals surface area contributed by atoms with Crippen LogP contribution in [0.5, 0.6) is 0 Å². The maximum Gasteiger partial charge on any atom is 0.258 e. The molecule has 2 heterocycles. The Hall–Kier alpha value is -1.40. The number of anilines is 1. The molecule has 0 saturated carbocycles. The zero-order chi connectivity index (χ0) is 18.1. The predicted octanol–water partition coefficient (Wildman–Crippen LogP) is 6.23. The lowest BCUT2D eigenvalue weighted by atomic mass is 9.96. The monoisotopic (exact) mass is 422 g/mol. The first-order valence-corrected chi connectivity index (χ1v) is 10.8. The van der Waals surface area contributed by atoms with Crippen molar-refractivity contribution in [2.24, 2.45) is 0 Å². The molecule has 0 saturated heterocycles. The summed E-state index contributed by atoms with van der Waals surface area (Å²) in [5.74, 6) is -0.0557. The lowest BCUT2D eigenvalue weighted by molar-refractivity contribution is 0.102. The Morgan fingerprint density at radius 3 is 2.88 bits per heavy atom. The molecule has 0 fully saturated rings. The number of benzene rings is 1. The van der Waals surface area contributed by atoms with Crippen LogP contribution in [0.1, 0.15) is 44.1 Å². The van der Waals surface area contributed by atoms with Crippen LogP contribution in [0.25, 0.3) is 0 Å². The van der Waals surface area contributed by atoms with Gasteiger partial charge in [0.2, 0.25) is 0 Å². The smallest absolute Gasteiger partial charge is 0.258 e. The normalized spacial score (nSPS) is 13.5. The molecule has 134 valence electrons. The van der Waals surface area contributed by atoms with Gasteiger partial charge in [0, 0.05) is 27.8 Å². The van der Waals surface area contributed by atoms with Crippen molar-refractivity contribution in [3.8, 4) is 0 Å². The van der Waals surface area contributed by atoms with Gasteiger partial charge < -0.3 is 0 Å². The molecule has 1 amide bonds. The number of rotatable bonds is 4. The molecule has 26 heavy (non-hydrogen) atoms. The number of hydrogen-bond acceptors (Lipinski definition) is 4. The molecule has 3 aromatic rings. The van der Waals surface area contributed by atoms with E-state index in [1.54, 1.807) is 23.6 Å². The van der Waals surface area contributed by atoms with Crippen molar-refractivity contribution in [1.29, 1.82) is 0 Å². The van der Waals surface area contributed by atoms with E-state index < -0.39 is 0 Å². The molecular weight excluding hydrogens is 407 g/mol. The second kappa shape index (κ2) is 7.69. The molecule has 0 aliphatic heterocycles. The summed E-state index contributed by atoms with van der Waals surface area (Å²) in [4.78, 5) is 19.4. The van der Waals surface area contributed by atoms with Crippen molar-refractivity contribution in [3.63, 3.8) is 0 Å². The molecule has 0 atom stereocenters. The van der Waals surface area contributed by atoms with Gasteiger partial charge in [0.15, 0.2) is 5.13 Å². The van der Waals surface area contributed by atoms with Crippen LogP contribution in [0.15, 0.2) is 29.8 Å². The Balaban J connectivity index is 1.45. The van der Waals surface area contributed by atoms with E-state index in [2.05, 4.69) is 10.3 Å². The Labute approximate surface area is 170 Å². The zero-order valence-electron chi connectivity index (χ0n) is 13.9. The number of thiophene rings is 1. The number of carbonyl (C=O) groups is 1. The minimum absolute atomic E-state index is 0.0557. The number of amides is 1. The van der Waals surface area contributed by atoms with Gasteiger partial charge in [-0.2, -0.15) is 0 Å². The topological polar surface area (TPSA) is 42.0 Å². The molecule has 0 spiro atoms. The van der Waals surface area contributed by atoms with Gasteiger partial charge in [-0.15, -0.1) is 22.7 Å². The molecular formula is C19H16Cl2N2OS2. The van der Waals surface area contributed by atoms with E-state index in [0.29, 0.717) is 21.6 Å². The van der Waals surface area contributed by atoms with Gasteiger partial charge >= 0.3 is 0 Å². The van der Waals surface area contributed by atoms with Gasteiger partial charge in [0.05, 0.1) is 15.6 Å². The van der Waals surface area contributed by atoms with Gasteiger partial charge in [-0.05, 0) is 48.9 Å². The number of aromatic nitrogens is 1. The zero-order valence-corrected chi connectivity index (χ0v) is 17.0. The molecule has 1 aromatic carbocycles. The van der Waals surface area contributed by atoms with E-state index >= 15 is 0 Å². The standard InChI is InChI=1S/C19H16Cl2N2OS2/c20-15-6-5-11(8-16(15)21)7-12-9-22-19(26-12)23-18(24)14-10-25-17-4-2-1-3-13(14)17/h5-6,8-10H,1-4,7H2,(H,22,23,24). The molecule has 1 aliphatic rings. The first kappa shape index (κ1) is 18.0. The van der Waals surface area contributed by atoms with E-state index in [4.69, 9.17) is 23.2 Å². The molecule has 0 radical (unpaired) electrons. The fraction of sp³-hybridized carbons (Fsp3) is 0.263. The van der Waals surface area contributed by atoms with Crippen molar-refractivity contribution < 1.29 is 4.79 Å². The van der Waals surface area contributed by atoms with Crippen LogP contribution in [0.3, 0.4) is 0 Å². The predicted molar refractivity (Wildman–Crippen MR) is 110 cm³/mol. The van der Waals surface area contributed by atoms with E-state index in [0.717, 1.165) is 35.3 Å². The summed E-state index contributed by atoms with van der Waals surface area (Å²) in [6.07, 6.45) is 6.98. The third-order valence-corrected chi connectivity index (χ3v) is 7.18. The summed E-state index contributed by atoms with van der Waals surface area (Å²) >= 11 is 15.2. The maximum atomic E-state index is 12.6. The van der Waals surface area contributed by atoms with E-state index in [1.165, 1.54) is 28.2 Å². The minimum atomic E-state index is -0.0557. The highest BCUT2D eigenvalue weighted by Crippen LogP contribution is 2.31. The average Bonchev–Trinajstić information content (AvgIpc) is 3.25. The third-order valence-electron chi connectivity index (χ3n) is 4.44. The summed E-state index contributed by atoms with van der Waals surface area (Å²) in [6, 6.07) is 5.60. The molecule has 2 aromatic heterocycles. The van der Waals surface area contributed by atoms with Gasteiger partial charge in [0.1, 0.15) is 0 Å². The highest BCUT2D eigenvalue weighted by atomic mass is 35.5. The van der Waals surface area contributed by atoms with Crippen molar-refractivity contribution in [3.05, 3.63) is 66.3 Å². The number of nitrogens with zero attached hydrogens (tertiary/aromatic N) is 1. The molecule has 3 nitrogen and oxygen atoms in total. The third kappa shape index (κ3) is 3.81. The minimum Gasteiger partial charge on any atom is -0.298 e. The van der Waals surface area contributed by atoms with Gasteiger partial charge in [0.25, 0.3) is 5.91 Å². The summed E-state index contributed by atoms with van der Waals surface area (Å²) < 4.78 is 0. The molecule has 0 bridgehead atoms. The molecule has 4 rings (SSSR count). The fourth-order valence-corrected chi connectivity index (χ4v) is 5.43. The Morgan fingerprint density at radius 1 is 1.19 bits per heavy atom. The number of carbonyl (C=O) groups excluding carboxylic acids is 1. The van der Waals surface area contributed by atoms with Crippen molar-refractivity contribution in [1.82, 2.24) is 4.98 Å². The summed E-state index contributed by atoms with van der Waals surface area (Å²) in [7, 11) is 0. The first-order chi connectivity index (χ1) is 12.6. The van der Waals surface area contributed by atoms with Crippen molar-refractivity contribution >= 4 is 56.9 Å². The average molecular weight is 423 g/mol. The van der Waals surface area contributed by atoms with Crippen LogP contribution >= 0.6 is 45.9 Å². The van der Waals surface area contributed by atoms with Crippen molar-refractivity contribution in [2.45, 2.75) is 32.1 Å². The number of halogens is 2. The number of nitrogens with one attached hydrogen (secondary N) is 1. The van der Waals surface area contributed by atoms with E-state index in [-0.39, 0.29) is 5.91 Å². The Kier molecular flexibility index (Phi) is 5.32. The lowest BCUT2D eigenvalue weighted by Gasteiger charge is -2.12. The fourth-order valence-electron chi connectivity index (χ4n) is 3.15. The summed E-state index contributed by atoms with van der Waals surface area (Å²) in [6.45, 7) is 0. The van der Waals surface area contributed by atoms with Crippen LogP contribution in [0, 0.1) is 0 Å². The molecule has 0 unspecified atom stereocenters. The number of hydrogen-bond donors (Lipinski definition) is 1. The van der Waals surface area contributed by atoms with Gasteiger partial charge in [-0.1, -0.05) is 29.3 Å². The van der Waals surface area contributed by atoms with Crippen LogP contribution in [0.4, 0.5) is 5.13 Å². The Morgan fingerprint density at radius 2 is 2.04 bits per heavy atom. The first-order valence-electron chi connectivity index (χ1n) is 8.39. The largest absolute Gasteiger partial charge is 0.298 e. The molecule has 1 aliphatic carbocycles. The van der Waals surface area contributed by atoms with Crippen molar-refractivity contribution in [2.75, 3.05) is 5.32 Å². The highest BCUT2D eigenvalue weighted by Gasteiger charge is 2.20. The van der Waals surface area contributed by atoms with Crippen LogP contribution in [-0.2, 0) is 19.3 Å². The highest BCUT2D eigenvalue weighted by molar-refractivity contribution is 7.15. The summed E-state index contributed by atoms with van der Waals surface area (Å²) in [5, 5.41) is 6.65. The van der Waals surface area contributed by atoms with Crippen LogP contribution in [0.2, 0.25) is 10.0 Å². The number of fused-ring (bicyclic) bond motifs is 1. The SMILES string of the molecule is O=C(Nc1ncc(Cc2ccc(Cl)c(Cl)c2)s1)c1csc2c1CCCC2. The quantitative estimate of drug-likeness (QED) is 0.540. The maximum absolute atomic E-state index is 12.6. The summed E-state index contributed by atoms with van der Waals surface area (Å²) in [5.41, 5.74) is 3.10. The second-order valence-electron chi connectivity index (χ2n) is 6.27. The van der Waals surface area contributed by atoms with Crippen LogP contribution < -0.4 is 5.32 Å². The molecule has 7 heteroatoms. The second-order valence-corrected chi connectivity index (χ2v) is 9.16. The van der Waals surface area contributed by atoms with Crippen LogP contribution in [-0.4, -0.2) is 10.9 Å². The Bertz CT molecular complexity index is 964. The number of aryl methyl sites for hydroxylation is 1. The van der Waals surface area contributed by atoms with Gasteiger partial charge in [-0.25, -0.2) is 4.98 Å². The molecule has 1 N–H and O–H groups in total. The van der Waals surface area contributed by atoms with Gasteiger partial charge in [-0.3, -0.25) is 10.1 Å².